The van der Waals surface area contributed by atoms with E-state index in [1.54, 1.807) is 0 Å². The Kier molecular flexibility index (Phi) is 4.37. The maximum absolute atomic E-state index is 4.54. The SMILES string of the molecule is CCCN(CC1CCCN1)c1ccc(C)cn1. The highest BCUT2D eigenvalue weighted by molar-refractivity contribution is 5.39. The van der Waals surface area contributed by atoms with E-state index in [1.165, 1.54) is 31.4 Å². The Balaban J connectivity index is 2.02. The molecule has 1 aromatic heterocycles. The summed E-state index contributed by atoms with van der Waals surface area (Å²) in [6, 6.07) is 4.93. The molecule has 1 N–H and O–H groups in total. The zero-order chi connectivity index (χ0) is 12.1. The molecule has 1 aliphatic heterocycles. The van der Waals surface area contributed by atoms with Crippen LogP contribution in [0, 0.1) is 6.92 Å². The zero-order valence-corrected chi connectivity index (χ0v) is 10.9. The standard InChI is InChI=1S/C14H23N3/c1-3-9-17(11-13-5-4-8-15-13)14-7-6-12(2)10-16-14/h6-7,10,13,15H,3-5,8-9,11H2,1-2H3. The average molecular weight is 233 g/mol. The molecule has 1 unspecified atom stereocenters. The summed E-state index contributed by atoms with van der Waals surface area (Å²) in [5.41, 5.74) is 1.23. The van der Waals surface area contributed by atoms with Crippen LogP contribution in [-0.4, -0.2) is 30.7 Å². The van der Waals surface area contributed by atoms with Gasteiger partial charge < -0.3 is 10.2 Å². The van der Waals surface area contributed by atoms with Crippen molar-refractivity contribution in [3.05, 3.63) is 23.9 Å². The second-order valence-electron chi connectivity index (χ2n) is 4.93. The maximum Gasteiger partial charge on any atom is 0.128 e. The van der Waals surface area contributed by atoms with Gasteiger partial charge in [-0.25, -0.2) is 4.98 Å². The van der Waals surface area contributed by atoms with Gasteiger partial charge in [0.2, 0.25) is 0 Å². The van der Waals surface area contributed by atoms with Crippen LogP contribution < -0.4 is 10.2 Å². The Hall–Kier alpha value is -1.09. The molecule has 17 heavy (non-hydrogen) atoms. The van der Waals surface area contributed by atoms with Crippen molar-refractivity contribution in [2.45, 2.75) is 39.2 Å². The molecule has 1 saturated heterocycles. The minimum Gasteiger partial charge on any atom is -0.355 e. The minimum absolute atomic E-state index is 0.643. The van der Waals surface area contributed by atoms with E-state index in [1.807, 2.05) is 6.20 Å². The minimum atomic E-state index is 0.643. The molecule has 0 amide bonds. The predicted molar refractivity (Wildman–Crippen MR) is 72.5 cm³/mol. The smallest absolute Gasteiger partial charge is 0.128 e. The molecular weight excluding hydrogens is 210 g/mol. The monoisotopic (exact) mass is 233 g/mol. The maximum atomic E-state index is 4.54. The molecule has 0 spiro atoms. The van der Waals surface area contributed by atoms with Gasteiger partial charge in [0.1, 0.15) is 5.82 Å². The van der Waals surface area contributed by atoms with Gasteiger partial charge in [-0.15, -0.1) is 0 Å². The fourth-order valence-electron chi connectivity index (χ4n) is 2.39. The van der Waals surface area contributed by atoms with Crippen molar-refractivity contribution >= 4 is 5.82 Å². The highest BCUT2D eigenvalue weighted by Gasteiger charge is 2.18. The van der Waals surface area contributed by atoms with E-state index in [9.17, 15) is 0 Å². The van der Waals surface area contributed by atoms with Gasteiger partial charge in [-0.2, -0.15) is 0 Å². The number of rotatable bonds is 5. The van der Waals surface area contributed by atoms with Crippen LogP contribution in [0.3, 0.4) is 0 Å². The molecule has 3 nitrogen and oxygen atoms in total. The van der Waals surface area contributed by atoms with Crippen molar-refractivity contribution < 1.29 is 0 Å². The van der Waals surface area contributed by atoms with Crippen LogP contribution in [0.25, 0.3) is 0 Å². The van der Waals surface area contributed by atoms with Gasteiger partial charge in [0.25, 0.3) is 0 Å². The first kappa shape index (κ1) is 12.4. The molecule has 1 aliphatic rings. The van der Waals surface area contributed by atoms with E-state index >= 15 is 0 Å². The highest BCUT2D eigenvalue weighted by atomic mass is 15.2. The van der Waals surface area contributed by atoms with E-state index in [2.05, 4.69) is 41.2 Å². The fraction of sp³-hybridized carbons (Fsp3) is 0.643. The summed E-state index contributed by atoms with van der Waals surface area (Å²) in [6.45, 7) is 7.66. The Bertz CT molecular complexity index is 328. The van der Waals surface area contributed by atoms with Crippen molar-refractivity contribution in [3.63, 3.8) is 0 Å². The Morgan fingerprint density at radius 3 is 2.94 bits per heavy atom. The summed E-state index contributed by atoms with van der Waals surface area (Å²) in [5, 5.41) is 3.56. The van der Waals surface area contributed by atoms with E-state index in [0.717, 1.165) is 18.9 Å². The number of pyridine rings is 1. The first-order valence-corrected chi connectivity index (χ1v) is 6.70. The lowest BCUT2D eigenvalue weighted by Gasteiger charge is -2.26. The molecule has 2 heterocycles. The molecule has 1 fully saturated rings. The van der Waals surface area contributed by atoms with Gasteiger partial charge in [-0.3, -0.25) is 0 Å². The topological polar surface area (TPSA) is 28.2 Å². The van der Waals surface area contributed by atoms with E-state index in [-0.39, 0.29) is 0 Å². The fourth-order valence-corrected chi connectivity index (χ4v) is 2.39. The lowest BCUT2D eigenvalue weighted by atomic mass is 10.2. The number of nitrogens with one attached hydrogen (secondary N) is 1. The molecule has 0 radical (unpaired) electrons. The normalized spacial score (nSPS) is 19.5. The van der Waals surface area contributed by atoms with Gasteiger partial charge >= 0.3 is 0 Å². The van der Waals surface area contributed by atoms with Crippen LogP contribution in [0.4, 0.5) is 5.82 Å². The first-order chi connectivity index (χ1) is 8.29. The summed E-state index contributed by atoms with van der Waals surface area (Å²) in [6.07, 6.45) is 5.74. The van der Waals surface area contributed by atoms with Crippen molar-refractivity contribution in [1.82, 2.24) is 10.3 Å². The van der Waals surface area contributed by atoms with Crippen LogP contribution in [-0.2, 0) is 0 Å². The van der Waals surface area contributed by atoms with E-state index in [0.29, 0.717) is 6.04 Å². The predicted octanol–water partition coefficient (Wildman–Crippen LogP) is 2.36. The Morgan fingerprint density at radius 1 is 1.47 bits per heavy atom. The van der Waals surface area contributed by atoms with Gasteiger partial charge in [0, 0.05) is 25.3 Å². The first-order valence-electron chi connectivity index (χ1n) is 6.70. The second kappa shape index (κ2) is 6.01. The second-order valence-corrected chi connectivity index (χ2v) is 4.93. The number of hydrogen-bond donors (Lipinski definition) is 1. The lowest BCUT2D eigenvalue weighted by molar-refractivity contribution is 0.575. The molecule has 94 valence electrons. The summed E-state index contributed by atoms with van der Waals surface area (Å²) < 4.78 is 0. The number of aryl methyl sites for hydroxylation is 1. The molecular formula is C14H23N3. The van der Waals surface area contributed by atoms with Crippen LogP contribution in [0.5, 0.6) is 0 Å². The van der Waals surface area contributed by atoms with Crippen molar-refractivity contribution in [3.8, 4) is 0 Å². The third kappa shape index (κ3) is 3.43. The molecule has 0 bridgehead atoms. The third-order valence-corrected chi connectivity index (χ3v) is 3.32. The zero-order valence-electron chi connectivity index (χ0n) is 10.9. The number of anilines is 1. The summed E-state index contributed by atoms with van der Waals surface area (Å²) >= 11 is 0. The van der Waals surface area contributed by atoms with Crippen LogP contribution in [0.2, 0.25) is 0 Å². The van der Waals surface area contributed by atoms with Gasteiger partial charge in [0.05, 0.1) is 0 Å². The number of hydrogen-bond acceptors (Lipinski definition) is 3. The van der Waals surface area contributed by atoms with Crippen LogP contribution >= 0.6 is 0 Å². The van der Waals surface area contributed by atoms with E-state index < -0.39 is 0 Å². The van der Waals surface area contributed by atoms with Crippen LogP contribution in [0.1, 0.15) is 31.7 Å². The molecule has 2 rings (SSSR count). The molecule has 0 saturated carbocycles. The average Bonchev–Trinajstić information content (AvgIpc) is 2.82. The van der Waals surface area contributed by atoms with Gasteiger partial charge in [0.15, 0.2) is 0 Å². The molecule has 0 aliphatic carbocycles. The molecule has 3 heteroatoms. The Labute approximate surface area is 104 Å². The van der Waals surface area contributed by atoms with Gasteiger partial charge in [-0.1, -0.05) is 13.0 Å². The van der Waals surface area contributed by atoms with E-state index in [4.69, 9.17) is 0 Å². The molecule has 1 aromatic rings. The quantitative estimate of drug-likeness (QED) is 0.846. The molecule has 0 aromatic carbocycles. The van der Waals surface area contributed by atoms with Crippen molar-refractivity contribution in [2.24, 2.45) is 0 Å². The van der Waals surface area contributed by atoms with Crippen molar-refractivity contribution in [1.29, 1.82) is 0 Å². The summed E-state index contributed by atoms with van der Waals surface area (Å²) in [7, 11) is 0. The number of aromatic nitrogens is 1. The van der Waals surface area contributed by atoms with Crippen LogP contribution in [0.15, 0.2) is 18.3 Å². The largest absolute Gasteiger partial charge is 0.355 e. The summed E-state index contributed by atoms with van der Waals surface area (Å²) in [4.78, 5) is 6.94. The lowest BCUT2D eigenvalue weighted by Crippen LogP contribution is -2.38. The third-order valence-electron chi connectivity index (χ3n) is 3.32. The number of nitrogens with zero attached hydrogens (tertiary/aromatic N) is 2. The molecule has 1 atom stereocenters. The highest BCUT2D eigenvalue weighted by Crippen LogP contribution is 2.15. The summed E-state index contributed by atoms with van der Waals surface area (Å²) in [5.74, 6) is 1.12. The van der Waals surface area contributed by atoms with Gasteiger partial charge in [-0.05, 0) is 44.4 Å². The van der Waals surface area contributed by atoms with Crippen molar-refractivity contribution in [2.75, 3.05) is 24.5 Å². The Morgan fingerprint density at radius 2 is 2.35 bits per heavy atom.